The second-order valence-electron chi connectivity index (χ2n) is 20.6. The Bertz CT molecular complexity index is 1920. The van der Waals surface area contributed by atoms with E-state index in [1.54, 1.807) is 6.08 Å². The van der Waals surface area contributed by atoms with Gasteiger partial charge in [0.25, 0.3) is 0 Å². The number of carbonyl (C=O) groups excluding carboxylic acids is 2. The van der Waals surface area contributed by atoms with Gasteiger partial charge in [0.2, 0.25) is 0 Å². The Balaban J connectivity index is 1.14. The molecule has 1 unspecified atom stereocenters. The molecule has 1 heterocycles. The zero-order chi connectivity index (χ0) is 40.4. The van der Waals surface area contributed by atoms with Gasteiger partial charge < -0.3 is 40.2 Å². The molecule has 10 nitrogen and oxygen atoms in total. The van der Waals surface area contributed by atoms with Crippen molar-refractivity contribution in [3.63, 3.8) is 0 Å². The molecule has 8 aliphatic carbocycles. The molecule has 7 saturated carbocycles. The molecule has 0 aromatic heterocycles. The van der Waals surface area contributed by atoms with Crippen LogP contribution >= 0.6 is 0 Å². The minimum atomic E-state index is -2.19. The third-order valence-corrected chi connectivity index (χ3v) is 19.1. The fourth-order valence-corrected chi connectivity index (χ4v) is 16.7. The maximum absolute atomic E-state index is 14.1. The van der Waals surface area contributed by atoms with Crippen LogP contribution in [0.5, 0.6) is 0 Å². The molecule has 17 atom stereocenters. The molecule has 9 aliphatic rings. The van der Waals surface area contributed by atoms with Gasteiger partial charge in [-0.15, -0.1) is 0 Å². The van der Waals surface area contributed by atoms with Crippen molar-refractivity contribution in [3.8, 4) is 11.8 Å². The largest absolute Gasteiger partial charge is 0.454 e. The summed E-state index contributed by atoms with van der Waals surface area (Å²) in [5.74, 6) is 3.94. The van der Waals surface area contributed by atoms with E-state index in [2.05, 4.69) is 30.1 Å². The van der Waals surface area contributed by atoms with Crippen LogP contribution in [0.2, 0.25) is 0 Å². The van der Waals surface area contributed by atoms with Gasteiger partial charge in [-0.3, -0.25) is 5.32 Å². The summed E-state index contributed by atoms with van der Waals surface area (Å²) in [6.07, 6.45) is 8.95. The van der Waals surface area contributed by atoms with E-state index >= 15 is 0 Å². The highest BCUT2D eigenvalue weighted by atomic mass is 16.5. The topological polar surface area (TPSA) is 177 Å². The number of hydrogen-bond donors (Lipinski definition) is 7. The zero-order valence-corrected chi connectivity index (χ0v) is 33.9. The number of fused-ring (bicyclic) bond motifs is 7. The van der Waals surface area contributed by atoms with Crippen LogP contribution in [0.25, 0.3) is 0 Å². The average molecular weight is 798 g/mol. The molecule has 1 aromatic rings. The summed E-state index contributed by atoms with van der Waals surface area (Å²) in [6.45, 7) is 2.01. The van der Waals surface area contributed by atoms with Crippen LogP contribution in [-0.4, -0.2) is 90.8 Å². The standard InChI is InChI=1S/C48H63NO9/c1-27(28-8-2-3-9-28)30-13-14-35-38(52)15-18-45(25-50)39-16-19-44-17-7-6-11-29-10-4-5-12-31(29)22-37(49-26-51)33-20-32(41(44)34-23-40(53)58-42(33)34)24-46(44,55)48(39,57)43(54)36(21-30)47(35,45)56/h4-5,10,12,23,25,27-28,30,32-33,35-39,41-43,49,51-52,54-57H,2-3,7-9,13-22,24,26H2,1H3/t27-,30?,32-,33+,35-,36+,37-,38+,39-,41-,42+,43+,44-,45-,46-,47-,48+/m1/s1. The Hall–Kier alpha value is -2.62. The third-order valence-electron chi connectivity index (χ3n) is 19.1. The quantitative estimate of drug-likeness (QED) is 0.100. The Morgan fingerprint density at radius 2 is 1.74 bits per heavy atom. The summed E-state index contributed by atoms with van der Waals surface area (Å²) < 4.78 is 6.18. The van der Waals surface area contributed by atoms with Crippen molar-refractivity contribution in [2.24, 2.45) is 64.1 Å². The molecule has 1 aromatic carbocycles. The number of esters is 1. The van der Waals surface area contributed by atoms with E-state index in [1.807, 2.05) is 18.2 Å². The van der Waals surface area contributed by atoms with Gasteiger partial charge in [-0.2, -0.15) is 0 Å². The van der Waals surface area contributed by atoms with Crippen molar-refractivity contribution in [2.75, 3.05) is 6.73 Å². The van der Waals surface area contributed by atoms with E-state index in [4.69, 9.17) is 4.74 Å². The van der Waals surface area contributed by atoms with E-state index in [1.165, 1.54) is 12.8 Å². The van der Waals surface area contributed by atoms with Gasteiger partial charge in [-0.1, -0.05) is 62.6 Å². The molecule has 0 saturated heterocycles. The van der Waals surface area contributed by atoms with E-state index < -0.39 is 69.7 Å². The first-order valence-electron chi connectivity index (χ1n) is 22.7. The maximum atomic E-state index is 14.1. The molecule has 10 rings (SSSR count). The van der Waals surface area contributed by atoms with E-state index in [0.717, 1.165) is 42.2 Å². The van der Waals surface area contributed by atoms with Crippen LogP contribution in [0.3, 0.4) is 0 Å². The van der Waals surface area contributed by atoms with Crippen molar-refractivity contribution >= 4 is 12.3 Å². The molecule has 1 aliphatic heterocycles. The first kappa shape index (κ1) is 39.5. The van der Waals surface area contributed by atoms with Crippen LogP contribution in [-0.2, 0) is 20.7 Å². The first-order valence-corrected chi connectivity index (χ1v) is 22.7. The van der Waals surface area contributed by atoms with Gasteiger partial charge in [0.15, 0.2) is 0 Å². The molecule has 7 fully saturated rings. The lowest BCUT2D eigenvalue weighted by molar-refractivity contribution is -0.375. The Kier molecular flexibility index (Phi) is 9.51. The lowest BCUT2D eigenvalue weighted by atomic mass is 9.35. The van der Waals surface area contributed by atoms with Crippen LogP contribution in [0.4, 0.5) is 0 Å². The second kappa shape index (κ2) is 14.0. The number of nitrogens with one attached hydrogen (secondary N) is 1. The van der Waals surface area contributed by atoms with Crippen molar-refractivity contribution in [3.05, 3.63) is 47.0 Å². The number of ether oxygens (including phenoxy) is 1. The zero-order valence-electron chi connectivity index (χ0n) is 33.9. The first-order chi connectivity index (χ1) is 27.9. The number of rotatable bonds is 5. The summed E-state index contributed by atoms with van der Waals surface area (Å²) in [4.78, 5) is 27.5. The van der Waals surface area contributed by atoms with Crippen molar-refractivity contribution in [1.82, 2.24) is 5.32 Å². The number of carbonyl (C=O) groups is 2. The van der Waals surface area contributed by atoms with Crippen molar-refractivity contribution in [1.29, 1.82) is 0 Å². The molecule has 0 amide bonds. The number of benzene rings is 1. The number of aliphatic hydroxyl groups is 6. The Morgan fingerprint density at radius 3 is 2.52 bits per heavy atom. The molecule has 1 spiro atoms. The van der Waals surface area contributed by atoms with Crippen LogP contribution in [0.15, 0.2) is 35.9 Å². The van der Waals surface area contributed by atoms with Gasteiger partial charge in [-0.05, 0) is 117 Å². The molecule has 0 radical (unpaired) electrons. The third kappa shape index (κ3) is 5.05. The number of aldehydes is 1. The summed E-state index contributed by atoms with van der Waals surface area (Å²) in [6, 6.07) is 7.68. The minimum Gasteiger partial charge on any atom is -0.454 e. The van der Waals surface area contributed by atoms with Gasteiger partial charge in [0.1, 0.15) is 23.6 Å². The molecular formula is C48H63NO9. The van der Waals surface area contributed by atoms with Gasteiger partial charge in [-0.25, -0.2) is 4.79 Å². The van der Waals surface area contributed by atoms with Crippen LogP contribution in [0.1, 0.15) is 114 Å². The maximum Gasteiger partial charge on any atom is 0.331 e. The molecule has 7 N–H and O–H groups in total. The fraction of sp³-hybridized carbons (Fsp3) is 0.750. The van der Waals surface area contributed by atoms with E-state index in [-0.39, 0.29) is 55.7 Å². The predicted octanol–water partition coefficient (Wildman–Crippen LogP) is 3.95. The number of aliphatic hydroxyl groups excluding tert-OH is 3. The number of hydrogen-bond acceptors (Lipinski definition) is 10. The summed E-state index contributed by atoms with van der Waals surface area (Å²) in [7, 11) is 0. The van der Waals surface area contributed by atoms with Gasteiger partial charge in [0, 0.05) is 53.2 Å². The highest BCUT2D eigenvalue weighted by molar-refractivity contribution is 5.86. The van der Waals surface area contributed by atoms with E-state index in [0.29, 0.717) is 63.2 Å². The van der Waals surface area contributed by atoms with Crippen molar-refractivity contribution in [2.45, 2.75) is 151 Å². The van der Waals surface area contributed by atoms with Gasteiger partial charge >= 0.3 is 5.97 Å². The van der Waals surface area contributed by atoms with Gasteiger partial charge in [0.05, 0.1) is 30.0 Å². The lowest BCUT2D eigenvalue weighted by Gasteiger charge is -2.73. The molecule has 58 heavy (non-hydrogen) atoms. The molecule has 4 bridgehead atoms. The molecule has 314 valence electrons. The SMILES string of the molecule is C[C@H](C1CCCC1)C1CC[C@@H]2[C@@H](O)CC[C@@]3(C=O)[C@H]4CC[C@@]56CCC#Cc7ccccc7C[C@@H](NCO)[C@@H]7C[C@H](C[C@]5(O)[C@@]4(O)[C@@H](O)[C@H](C1)[C@]23O)[C@@H]6C1=CC(=O)O[C@H]17. The lowest BCUT2D eigenvalue weighted by Crippen LogP contribution is -2.85. The van der Waals surface area contributed by atoms with Crippen molar-refractivity contribution < 1.29 is 45.0 Å². The van der Waals surface area contributed by atoms with Crippen LogP contribution in [0, 0.1) is 75.9 Å². The Labute approximate surface area is 342 Å². The second-order valence-corrected chi connectivity index (χ2v) is 20.6. The smallest absolute Gasteiger partial charge is 0.331 e. The minimum absolute atomic E-state index is 0.108. The molecular weight excluding hydrogens is 735 g/mol. The van der Waals surface area contributed by atoms with Crippen LogP contribution < -0.4 is 5.32 Å². The Morgan fingerprint density at radius 1 is 0.948 bits per heavy atom. The average Bonchev–Trinajstić information content (AvgIpc) is 3.92. The monoisotopic (exact) mass is 797 g/mol. The predicted molar refractivity (Wildman–Crippen MR) is 213 cm³/mol. The normalized spacial score (nSPS) is 49.7. The highest BCUT2D eigenvalue weighted by Gasteiger charge is 2.85. The fourth-order valence-electron chi connectivity index (χ4n) is 16.7. The highest BCUT2D eigenvalue weighted by Crippen LogP contribution is 2.77. The van der Waals surface area contributed by atoms with E-state index in [9.17, 15) is 40.2 Å². The molecule has 10 heteroatoms. The summed E-state index contributed by atoms with van der Waals surface area (Å²) in [5.41, 5.74) is -5.69. The summed E-state index contributed by atoms with van der Waals surface area (Å²) in [5, 5.41) is 80.2. The summed E-state index contributed by atoms with van der Waals surface area (Å²) >= 11 is 0.